The topological polar surface area (TPSA) is 61.9 Å². The van der Waals surface area contributed by atoms with Crippen molar-refractivity contribution >= 4 is 24.2 Å². The zero-order valence-corrected chi connectivity index (χ0v) is 18.0. The van der Waals surface area contributed by atoms with E-state index in [9.17, 15) is 9.59 Å². The maximum atomic E-state index is 13.4. The van der Waals surface area contributed by atoms with Gasteiger partial charge in [0.1, 0.15) is 5.75 Å². The lowest BCUT2D eigenvalue weighted by Crippen LogP contribution is -2.48. The van der Waals surface area contributed by atoms with E-state index in [4.69, 9.17) is 4.74 Å². The quantitative estimate of drug-likeness (QED) is 0.793. The van der Waals surface area contributed by atoms with Crippen molar-refractivity contribution in [2.24, 2.45) is 0 Å². The van der Waals surface area contributed by atoms with E-state index < -0.39 is 0 Å². The van der Waals surface area contributed by atoms with Crippen LogP contribution in [0, 0.1) is 0 Å². The number of ether oxygens (including phenoxy) is 1. The number of halogens is 1. The van der Waals surface area contributed by atoms with Gasteiger partial charge >= 0.3 is 0 Å². The molecule has 2 aliphatic rings. The van der Waals surface area contributed by atoms with Crippen LogP contribution in [0.5, 0.6) is 5.75 Å². The average Bonchev–Trinajstić information content (AvgIpc) is 3.17. The molecule has 2 amide bonds. The number of hydrogen-bond acceptors (Lipinski definition) is 4. The van der Waals surface area contributed by atoms with Crippen LogP contribution in [0.25, 0.3) is 0 Å². The number of nitrogens with zero attached hydrogens (tertiary/aromatic N) is 2. The molecule has 0 bridgehead atoms. The summed E-state index contributed by atoms with van der Waals surface area (Å²) in [6.07, 6.45) is 1.54. The van der Waals surface area contributed by atoms with Crippen molar-refractivity contribution in [3.8, 4) is 5.75 Å². The Kier molecular flexibility index (Phi) is 7.34. The minimum absolute atomic E-state index is 0. The Hall–Kier alpha value is -2.57. The number of methoxy groups -OCH3 is 1. The van der Waals surface area contributed by atoms with Gasteiger partial charge in [-0.2, -0.15) is 0 Å². The van der Waals surface area contributed by atoms with Gasteiger partial charge in [0.25, 0.3) is 5.91 Å². The van der Waals surface area contributed by atoms with Crippen molar-refractivity contribution in [3.05, 3.63) is 65.2 Å². The minimum Gasteiger partial charge on any atom is -0.496 e. The first-order valence-electron chi connectivity index (χ1n) is 10.2. The second-order valence-corrected chi connectivity index (χ2v) is 7.58. The van der Waals surface area contributed by atoms with Crippen LogP contribution in [0.3, 0.4) is 0 Å². The van der Waals surface area contributed by atoms with Crippen molar-refractivity contribution in [2.45, 2.75) is 25.4 Å². The first-order chi connectivity index (χ1) is 14.2. The number of carbonyl (C=O) groups excluding carboxylic acids is 2. The fraction of sp³-hybridized carbons (Fsp3) is 0.391. The van der Waals surface area contributed by atoms with Gasteiger partial charge in [-0.25, -0.2) is 0 Å². The van der Waals surface area contributed by atoms with Gasteiger partial charge < -0.3 is 19.9 Å². The Morgan fingerprint density at radius 1 is 1.17 bits per heavy atom. The van der Waals surface area contributed by atoms with Gasteiger partial charge in [-0.05, 0) is 30.2 Å². The highest BCUT2D eigenvalue weighted by molar-refractivity contribution is 5.95. The summed E-state index contributed by atoms with van der Waals surface area (Å²) >= 11 is 0. The van der Waals surface area contributed by atoms with Crippen molar-refractivity contribution in [2.75, 3.05) is 33.3 Å². The maximum Gasteiger partial charge on any atom is 0.254 e. The molecule has 7 heteroatoms. The lowest BCUT2D eigenvalue weighted by Gasteiger charge is -2.37. The van der Waals surface area contributed by atoms with Crippen LogP contribution < -0.4 is 10.1 Å². The normalized spacial score (nSPS) is 18.8. The number of amides is 2. The predicted octanol–water partition coefficient (Wildman–Crippen LogP) is 3.03. The van der Waals surface area contributed by atoms with E-state index >= 15 is 0 Å². The number of benzene rings is 2. The summed E-state index contributed by atoms with van der Waals surface area (Å²) in [5.74, 6) is 0.998. The van der Waals surface area contributed by atoms with Crippen LogP contribution in [0.1, 0.15) is 40.4 Å². The molecule has 0 aliphatic carbocycles. The average molecular weight is 430 g/mol. The Labute approximate surface area is 183 Å². The van der Waals surface area contributed by atoms with E-state index in [1.165, 1.54) is 0 Å². The van der Waals surface area contributed by atoms with Crippen LogP contribution >= 0.6 is 12.4 Å². The molecule has 0 spiro atoms. The third kappa shape index (κ3) is 4.60. The molecule has 0 radical (unpaired) electrons. The lowest BCUT2D eigenvalue weighted by molar-refractivity contribution is -0.128. The molecule has 2 aromatic rings. The number of rotatable bonds is 5. The molecule has 160 valence electrons. The molecule has 1 N–H and O–H groups in total. The standard InChI is InChI=1S/C23H27N3O3.ClH/c1-29-21-9-3-2-8-19(21)20-15-24-11-13-26(20)23(28)18-7-4-6-17(14-18)16-25-12-5-10-22(25)27;/h2-4,6-9,14,20,24H,5,10-13,15-16H2,1H3;1H. The summed E-state index contributed by atoms with van der Waals surface area (Å²) in [7, 11) is 1.66. The van der Waals surface area contributed by atoms with Gasteiger partial charge in [0.2, 0.25) is 5.91 Å². The highest BCUT2D eigenvalue weighted by Gasteiger charge is 2.30. The summed E-state index contributed by atoms with van der Waals surface area (Å²) in [4.78, 5) is 29.1. The Bertz CT molecular complexity index is 905. The van der Waals surface area contributed by atoms with Crippen molar-refractivity contribution in [1.29, 1.82) is 0 Å². The molecule has 2 fully saturated rings. The van der Waals surface area contributed by atoms with Crippen molar-refractivity contribution < 1.29 is 14.3 Å². The molecule has 6 nitrogen and oxygen atoms in total. The third-order valence-corrected chi connectivity index (χ3v) is 5.72. The van der Waals surface area contributed by atoms with E-state index in [0.717, 1.165) is 36.4 Å². The largest absolute Gasteiger partial charge is 0.496 e. The van der Waals surface area contributed by atoms with Crippen molar-refractivity contribution in [3.63, 3.8) is 0 Å². The number of nitrogens with one attached hydrogen (secondary N) is 1. The lowest BCUT2D eigenvalue weighted by atomic mass is 10.0. The van der Waals surface area contributed by atoms with E-state index in [2.05, 4.69) is 5.32 Å². The fourth-order valence-electron chi connectivity index (χ4n) is 4.23. The molecule has 0 aromatic heterocycles. The summed E-state index contributed by atoms with van der Waals surface area (Å²) in [5, 5.41) is 3.39. The van der Waals surface area contributed by atoms with Crippen LogP contribution in [0.15, 0.2) is 48.5 Å². The summed E-state index contributed by atoms with van der Waals surface area (Å²) in [6, 6.07) is 15.5. The minimum atomic E-state index is -0.0868. The van der Waals surface area contributed by atoms with Gasteiger partial charge in [0, 0.05) is 50.3 Å². The number of likely N-dealkylation sites (tertiary alicyclic amines) is 1. The highest BCUT2D eigenvalue weighted by Crippen LogP contribution is 2.31. The first kappa shape index (κ1) is 22.1. The second-order valence-electron chi connectivity index (χ2n) is 7.58. The monoisotopic (exact) mass is 429 g/mol. The fourth-order valence-corrected chi connectivity index (χ4v) is 4.23. The number of carbonyl (C=O) groups is 2. The van der Waals surface area contributed by atoms with Gasteiger partial charge in [0.15, 0.2) is 0 Å². The summed E-state index contributed by atoms with van der Waals surface area (Å²) in [5.41, 5.74) is 2.67. The molecule has 2 aromatic carbocycles. The molecule has 1 unspecified atom stereocenters. The second kappa shape index (κ2) is 9.96. The molecule has 2 saturated heterocycles. The molecule has 4 rings (SSSR count). The van der Waals surface area contributed by atoms with E-state index in [1.807, 2.05) is 58.3 Å². The molecule has 30 heavy (non-hydrogen) atoms. The van der Waals surface area contributed by atoms with Crippen LogP contribution in [-0.4, -0.2) is 54.9 Å². The number of para-hydroxylation sites is 1. The summed E-state index contributed by atoms with van der Waals surface area (Å²) in [6.45, 7) is 3.45. The van der Waals surface area contributed by atoms with E-state index in [-0.39, 0.29) is 30.3 Å². The zero-order chi connectivity index (χ0) is 20.2. The van der Waals surface area contributed by atoms with E-state index in [1.54, 1.807) is 7.11 Å². The number of hydrogen-bond donors (Lipinski definition) is 1. The van der Waals surface area contributed by atoms with E-state index in [0.29, 0.717) is 31.6 Å². The Morgan fingerprint density at radius 3 is 2.77 bits per heavy atom. The summed E-state index contributed by atoms with van der Waals surface area (Å²) < 4.78 is 5.53. The molecular weight excluding hydrogens is 402 g/mol. The van der Waals surface area contributed by atoms with Gasteiger partial charge in [0.05, 0.1) is 13.2 Å². The zero-order valence-electron chi connectivity index (χ0n) is 17.2. The van der Waals surface area contributed by atoms with Crippen LogP contribution in [0.4, 0.5) is 0 Å². The number of piperazine rings is 1. The first-order valence-corrected chi connectivity index (χ1v) is 10.2. The van der Waals surface area contributed by atoms with Gasteiger partial charge in [-0.3, -0.25) is 9.59 Å². The Balaban J connectivity index is 0.00000256. The SMILES string of the molecule is COc1ccccc1C1CNCCN1C(=O)c1cccc(CN2CCCC2=O)c1.Cl. The molecule has 2 aliphatic heterocycles. The molecular formula is C23H28ClN3O3. The van der Waals surface area contributed by atoms with Crippen molar-refractivity contribution in [1.82, 2.24) is 15.1 Å². The predicted molar refractivity (Wildman–Crippen MR) is 118 cm³/mol. The maximum absolute atomic E-state index is 13.4. The smallest absolute Gasteiger partial charge is 0.254 e. The van der Waals surface area contributed by atoms with Crippen LogP contribution in [-0.2, 0) is 11.3 Å². The van der Waals surface area contributed by atoms with Gasteiger partial charge in [-0.1, -0.05) is 30.3 Å². The molecule has 2 heterocycles. The molecule has 1 atom stereocenters. The third-order valence-electron chi connectivity index (χ3n) is 5.72. The molecule has 0 saturated carbocycles. The highest BCUT2D eigenvalue weighted by atomic mass is 35.5. The van der Waals surface area contributed by atoms with Gasteiger partial charge in [-0.15, -0.1) is 12.4 Å². The Morgan fingerprint density at radius 2 is 2.00 bits per heavy atom. The van der Waals surface area contributed by atoms with Crippen LogP contribution in [0.2, 0.25) is 0 Å².